The van der Waals surface area contributed by atoms with E-state index in [-0.39, 0.29) is 0 Å². The summed E-state index contributed by atoms with van der Waals surface area (Å²) in [5.41, 5.74) is 1.25. The van der Waals surface area contributed by atoms with Gasteiger partial charge in [0.05, 0.1) is 17.9 Å². The number of amides is 1. The Morgan fingerprint density at radius 2 is 1.95 bits per heavy atom. The average molecular weight is 337 g/mol. The van der Waals surface area contributed by atoms with Crippen LogP contribution in [0.15, 0.2) is 22.7 Å². The van der Waals surface area contributed by atoms with Crippen LogP contribution in [0, 0.1) is 5.92 Å². The first-order chi connectivity index (χ1) is 9.56. The van der Waals surface area contributed by atoms with Gasteiger partial charge < -0.3 is 0 Å². The lowest BCUT2D eigenvalue weighted by molar-refractivity contribution is -0.114. The first kappa shape index (κ1) is 13.8. The van der Waals surface area contributed by atoms with Gasteiger partial charge in [0.15, 0.2) is 0 Å². The summed E-state index contributed by atoms with van der Waals surface area (Å²) in [6.45, 7) is 4.76. The van der Waals surface area contributed by atoms with E-state index in [1.165, 1.54) is 0 Å². The predicted octanol–water partition coefficient (Wildman–Crippen LogP) is 2.67. The molecule has 0 bridgehead atoms. The Bertz CT molecular complexity index is 565. The van der Waals surface area contributed by atoms with Crippen molar-refractivity contribution in [3.8, 4) is 0 Å². The van der Waals surface area contributed by atoms with Crippen LogP contribution in [0.5, 0.6) is 0 Å². The van der Waals surface area contributed by atoms with Crippen LogP contribution in [0.25, 0.3) is 0 Å². The Balaban J connectivity index is 1.81. The standard InChI is InChI=1S/C15H17BrN2O2/c1-10-4-6-17(7-5-10)9-18-13-3-2-11(16)8-12(13)14(19)15(18)20/h2-3,8,10H,4-7,9H2,1H3. The molecule has 0 saturated carbocycles. The molecule has 0 aromatic heterocycles. The minimum Gasteiger partial charge on any atom is -0.291 e. The van der Waals surface area contributed by atoms with Gasteiger partial charge in [0, 0.05) is 17.6 Å². The fraction of sp³-hybridized carbons (Fsp3) is 0.467. The minimum absolute atomic E-state index is 0.397. The van der Waals surface area contributed by atoms with Crippen molar-refractivity contribution < 1.29 is 9.59 Å². The van der Waals surface area contributed by atoms with Crippen molar-refractivity contribution in [2.24, 2.45) is 5.92 Å². The Morgan fingerprint density at radius 3 is 2.65 bits per heavy atom. The molecule has 0 unspecified atom stereocenters. The van der Waals surface area contributed by atoms with Gasteiger partial charge in [0.2, 0.25) is 0 Å². The molecule has 1 aromatic rings. The van der Waals surface area contributed by atoms with E-state index in [1.807, 2.05) is 12.1 Å². The molecule has 4 nitrogen and oxygen atoms in total. The summed E-state index contributed by atoms with van der Waals surface area (Å²) in [4.78, 5) is 28.0. The summed E-state index contributed by atoms with van der Waals surface area (Å²) in [6, 6.07) is 5.44. The Morgan fingerprint density at radius 1 is 1.25 bits per heavy atom. The number of likely N-dealkylation sites (tertiary alicyclic amines) is 1. The van der Waals surface area contributed by atoms with Crippen molar-refractivity contribution >= 4 is 33.3 Å². The average Bonchev–Trinajstić information content (AvgIpc) is 2.66. The molecule has 0 spiro atoms. The van der Waals surface area contributed by atoms with Crippen molar-refractivity contribution in [2.45, 2.75) is 19.8 Å². The summed E-state index contributed by atoms with van der Waals surface area (Å²) in [5, 5.41) is 0. The summed E-state index contributed by atoms with van der Waals surface area (Å²) in [7, 11) is 0. The lowest BCUT2D eigenvalue weighted by atomic mass is 10.00. The normalized spacial score (nSPS) is 20.6. The number of rotatable bonds is 2. The van der Waals surface area contributed by atoms with E-state index in [4.69, 9.17) is 0 Å². The van der Waals surface area contributed by atoms with E-state index in [1.54, 1.807) is 11.0 Å². The summed E-state index contributed by atoms with van der Waals surface area (Å²) in [6.07, 6.45) is 2.31. The lowest BCUT2D eigenvalue weighted by Crippen LogP contribution is -2.44. The summed E-state index contributed by atoms with van der Waals surface area (Å²) < 4.78 is 0.825. The molecule has 3 rings (SSSR count). The molecule has 0 atom stereocenters. The van der Waals surface area contributed by atoms with E-state index < -0.39 is 11.7 Å². The van der Waals surface area contributed by atoms with Crippen molar-refractivity contribution in [1.29, 1.82) is 0 Å². The van der Waals surface area contributed by atoms with Crippen molar-refractivity contribution in [3.05, 3.63) is 28.2 Å². The number of nitrogens with zero attached hydrogens (tertiary/aromatic N) is 2. The summed E-state index contributed by atoms with van der Waals surface area (Å²) in [5.74, 6) is -0.0474. The first-order valence-corrected chi connectivity index (χ1v) is 7.73. The van der Waals surface area contributed by atoms with Crippen LogP contribution >= 0.6 is 15.9 Å². The molecule has 0 radical (unpaired) electrons. The third-order valence-corrected chi connectivity index (χ3v) is 4.64. The highest BCUT2D eigenvalue weighted by molar-refractivity contribution is 9.10. The van der Waals surface area contributed by atoms with Crippen LogP contribution in [-0.2, 0) is 4.79 Å². The number of fused-ring (bicyclic) bond motifs is 1. The zero-order valence-electron chi connectivity index (χ0n) is 11.4. The van der Waals surface area contributed by atoms with Crippen LogP contribution in [-0.4, -0.2) is 36.3 Å². The molecule has 2 aliphatic heterocycles. The second-order valence-electron chi connectivity index (χ2n) is 5.67. The maximum atomic E-state index is 12.1. The number of halogens is 1. The topological polar surface area (TPSA) is 40.6 Å². The van der Waals surface area contributed by atoms with Gasteiger partial charge in [0.1, 0.15) is 0 Å². The largest absolute Gasteiger partial charge is 0.300 e. The van der Waals surface area contributed by atoms with E-state index >= 15 is 0 Å². The SMILES string of the molecule is CC1CCN(CN2C(=O)C(=O)c3cc(Br)ccc32)CC1. The second kappa shape index (κ2) is 5.30. The molecule has 2 heterocycles. The Kier molecular flexibility index (Phi) is 3.65. The fourth-order valence-corrected chi connectivity index (χ4v) is 3.18. The van der Waals surface area contributed by atoms with Crippen molar-refractivity contribution in [1.82, 2.24) is 4.90 Å². The minimum atomic E-state index is -0.406. The molecular weight excluding hydrogens is 320 g/mol. The second-order valence-corrected chi connectivity index (χ2v) is 6.58. The highest BCUT2D eigenvalue weighted by atomic mass is 79.9. The molecule has 1 saturated heterocycles. The highest BCUT2D eigenvalue weighted by Crippen LogP contribution is 2.31. The molecule has 0 aliphatic carbocycles. The van der Waals surface area contributed by atoms with E-state index in [0.717, 1.165) is 42.0 Å². The maximum absolute atomic E-state index is 12.1. The van der Waals surface area contributed by atoms with E-state index in [0.29, 0.717) is 12.2 Å². The van der Waals surface area contributed by atoms with E-state index in [2.05, 4.69) is 27.8 Å². The maximum Gasteiger partial charge on any atom is 0.300 e. The number of piperidine rings is 1. The van der Waals surface area contributed by atoms with Gasteiger partial charge in [-0.15, -0.1) is 0 Å². The number of hydrogen-bond donors (Lipinski definition) is 0. The molecule has 0 N–H and O–H groups in total. The smallest absolute Gasteiger partial charge is 0.291 e. The zero-order chi connectivity index (χ0) is 14.3. The van der Waals surface area contributed by atoms with E-state index in [9.17, 15) is 9.59 Å². The monoisotopic (exact) mass is 336 g/mol. The number of hydrogen-bond acceptors (Lipinski definition) is 3. The van der Waals surface area contributed by atoms with Gasteiger partial charge in [0.25, 0.3) is 5.78 Å². The van der Waals surface area contributed by atoms with Gasteiger partial charge in [-0.3, -0.25) is 19.4 Å². The van der Waals surface area contributed by atoms with Crippen molar-refractivity contribution in [3.63, 3.8) is 0 Å². The van der Waals surface area contributed by atoms with Gasteiger partial charge in [-0.05, 0) is 37.0 Å². The van der Waals surface area contributed by atoms with Crippen molar-refractivity contribution in [2.75, 3.05) is 24.7 Å². The number of benzene rings is 1. The molecule has 5 heteroatoms. The molecular formula is C15H17BrN2O2. The van der Waals surface area contributed by atoms with Gasteiger partial charge >= 0.3 is 5.91 Å². The highest BCUT2D eigenvalue weighted by Gasteiger charge is 2.36. The molecule has 1 amide bonds. The molecule has 20 heavy (non-hydrogen) atoms. The molecule has 106 valence electrons. The third-order valence-electron chi connectivity index (χ3n) is 4.15. The molecule has 2 aliphatic rings. The van der Waals surface area contributed by atoms with Crippen LogP contribution in [0.4, 0.5) is 5.69 Å². The molecule has 1 aromatic carbocycles. The zero-order valence-corrected chi connectivity index (χ0v) is 13.0. The number of carbonyl (C=O) groups excluding carboxylic acids is 2. The Hall–Kier alpha value is -1.20. The van der Waals surface area contributed by atoms with Crippen LogP contribution in [0.1, 0.15) is 30.1 Å². The third kappa shape index (κ3) is 2.40. The summed E-state index contributed by atoms with van der Waals surface area (Å²) >= 11 is 3.34. The van der Waals surface area contributed by atoms with Gasteiger partial charge in [-0.1, -0.05) is 22.9 Å². The quantitative estimate of drug-likeness (QED) is 0.779. The number of ketones is 1. The lowest BCUT2D eigenvalue weighted by Gasteiger charge is -2.33. The fourth-order valence-electron chi connectivity index (χ4n) is 2.82. The Labute approximate surface area is 126 Å². The molecule has 1 fully saturated rings. The number of Topliss-reactive ketones (excluding diaryl/α,β-unsaturated/α-hetero) is 1. The van der Waals surface area contributed by atoms with Crippen LogP contribution in [0.2, 0.25) is 0 Å². The van der Waals surface area contributed by atoms with Gasteiger partial charge in [-0.2, -0.15) is 0 Å². The number of carbonyl (C=O) groups is 2. The first-order valence-electron chi connectivity index (χ1n) is 6.94. The van der Waals surface area contributed by atoms with Crippen LogP contribution < -0.4 is 4.90 Å². The van der Waals surface area contributed by atoms with Crippen LogP contribution in [0.3, 0.4) is 0 Å². The van der Waals surface area contributed by atoms with Gasteiger partial charge in [-0.25, -0.2) is 0 Å². The predicted molar refractivity (Wildman–Crippen MR) is 80.8 cm³/mol. The number of anilines is 1.